The lowest BCUT2D eigenvalue weighted by molar-refractivity contribution is -0.112. The molecule has 0 spiro atoms. The molecule has 1 atom stereocenters. The maximum Gasteiger partial charge on any atom is 0.318 e. The van der Waals surface area contributed by atoms with Crippen LogP contribution in [0.1, 0.15) is 11.1 Å². The lowest BCUT2D eigenvalue weighted by atomic mass is 10.0. The highest BCUT2D eigenvalue weighted by molar-refractivity contribution is 8.22. The summed E-state index contributed by atoms with van der Waals surface area (Å²) >= 11 is 1.44. The number of carbonyl (C=O) groups excluding carboxylic acids is 1. The Labute approximate surface area is 162 Å². The molecule has 4 nitrogen and oxygen atoms in total. The number of para-hydroxylation sites is 1. The summed E-state index contributed by atoms with van der Waals surface area (Å²) in [4.78, 5) is 13.6. The van der Waals surface area contributed by atoms with E-state index in [1.54, 1.807) is 0 Å². The molecule has 1 aliphatic rings. The van der Waals surface area contributed by atoms with Gasteiger partial charge in [0.05, 0.1) is 4.91 Å². The topological polar surface area (TPSA) is 55.4 Å². The fourth-order valence-corrected chi connectivity index (χ4v) is 4.59. The highest BCUT2D eigenvalue weighted by Crippen LogP contribution is 2.51. The van der Waals surface area contributed by atoms with Crippen LogP contribution in [0.2, 0.25) is 0 Å². The summed E-state index contributed by atoms with van der Waals surface area (Å²) in [5.41, 5.74) is 3.64. The first-order valence-electron chi connectivity index (χ1n) is 8.54. The first-order chi connectivity index (χ1) is 13.3. The van der Waals surface area contributed by atoms with Crippen molar-refractivity contribution in [1.82, 2.24) is 4.48 Å². The molecule has 0 aliphatic carbocycles. The molecule has 1 heterocycles. The number of amidine groups is 1. The molecule has 3 aromatic carbocycles. The first-order valence-corrected chi connectivity index (χ1v) is 9.35. The summed E-state index contributed by atoms with van der Waals surface area (Å²) in [6, 6.07) is 29.6. The molecule has 3 aromatic rings. The van der Waals surface area contributed by atoms with E-state index in [1.165, 1.54) is 11.8 Å². The quantitative estimate of drug-likeness (QED) is 0.314. The maximum atomic E-state index is 12.6. The standard InChI is InChI=1S/C22H18N3OS/c23-24-22-25(16-26,19-14-8-3-9-15-19)20(17-10-4-1-5-11-17)21(27-22)18-12-6-2-7-13-18/h1-16H,23H2/q+1. The second-order valence-electron chi connectivity index (χ2n) is 6.09. The Balaban J connectivity index is 2.09. The van der Waals surface area contributed by atoms with Crippen molar-refractivity contribution in [3.05, 3.63) is 102 Å². The predicted octanol–water partition coefficient (Wildman–Crippen LogP) is 4.65. The number of nitrogens with two attached hydrogens (primary N) is 1. The smallest absolute Gasteiger partial charge is 0.317 e. The van der Waals surface area contributed by atoms with Crippen LogP contribution in [0.3, 0.4) is 0 Å². The highest BCUT2D eigenvalue weighted by atomic mass is 32.2. The third-order valence-corrected chi connectivity index (χ3v) is 5.79. The SMILES string of the molecule is NN=C1SC(c2ccccc2)=C(c2ccccc2)[N+]1(C=O)c1ccccc1. The minimum absolute atomic E-state index is 0.157. The van der Waals surface area contributed by atoms with Gasteiger partial charge >= 0.3 is 11.6 Å². The van der Waals surface area contributed by atoms with Crippen molar-refractivity contribution < 1.29 is 4.79 Å². The van der Waals surface area contributed by atoms with E-state index in [0.717, 1.165) is 33.8 Å². The van der Waals surface area contributed by atoms with Crippen molar-refractivity contribution in [3.63, 3.8) is 0 Å². The van der Waals surface area contributed by atoms with Gasteiger partial charge in [-0.15, -0.1) is 9.58 Å². The van der Waals surface area contributed by atoms with E-state index in [2.05, 4.69) is 5.10 Å². The number of hydrazone groups is 1. The molecule has 1 aliphatic heterocycles. The van der Waals surface area contributed by atoms with E-state index in [-0.39, 0.29) is 4.48 Å². The Kier molecular flexibility index (Phi) is 4.62. The zero-order valence-corrected chi connectivity index (χ0v) is 15.3. The number of quaternary nitrogens is 1. The largest absolute Gasteiger partial charge is 0.318 e. The van der Waals surface area contributed by atoms with Crippen LogP contribution >= 0.6 is 11.8 Å². The van der Waals surface area contributed by atoms with Crippen LogP contribution in [0.15, 0.2) is 96.1 Å². The molecule has 1 unspecified atom stereocenters. The van der Waals surface area contributed by atoms with Gasteiger partial charge in [-0.1, -0.05) is 66.7 Å². The van der Waals surface area contributed by atoms with Gasteiger partial charge in [0.1, 0.15) is 0 Å². The molecule has 132 valence electrons. The zero-order valence-electron chi connectivity index (χ0n) is 14.5. The lowest BCUT2D eigenvalue weighted by Crippen LogP contribution is -2.47. The summed E-state index contributed by atoms with van der Waals surface area (Å²) in [6.45, 7) is 0. The van der Waals surface area contributed by atoms with Gasteiger partial charge in [0, 0.05) is 29.5 Å². The molecular formula is C22H18N3OS+. The van der Waals surface area contributed by atoms with Gasteiger partial charge in [0.2, 0.25) is 0 Å². The lowest BCUT2D eigenvalue weighted by Gasteiger charge is -2.27. The van der Waals surface area contributed by atoms with Gasteiger partial charge in [0.25, 0.3) is 0 Å². The van der Waals surface area contributed by atoms with Gasteiger partial charge in [-0.3, -0.25) is 0 Å². The number of carbonyl (C=O) groups is 1. The molecule has 0 bridgehead atoms. The molecule has 0 aromatic heterocycles. The van der Waals surface area contributed by atoms with Gasteiger partial charge in [-0.2, -0.15) is 0 Å². The van der Waals surface area contributed by atoms with Gasteiger partial charge < -0.3 is 5.84 Å². The second-order valence-corrected chi connectivity index (χ2v) is 7.06. The van der Waals surface area contributed by atoms with Crippen molar-refractivity contribution in [2.75, 3.05) is 0 Å². The molecule has 2 N–H and O–H groups in total. The Morgan fingerprint density at radius 1 is 0.778 bits per heavy atom. The van der Waals surface area contributed by atoms with Crippen molar-refractivity contribution in [1.29, 1.82) is 0 Å². The minimum Gasteiger partial charge on any atom is -0.317 e. The van der Waals surface area contributed by atoms with Crippen molar-refractivity contribution >= 4 is 39.6 Å². The summed E-state index contributed by atoms with van der Waals surface area (Å²) in [5, 5.41) is 4.54. The summed E-state index contributed by atoms with van der Waals surface area (Å²) in [5.74, 6) is 5.77. The number of hydrogen-bond acceptors (Lipinski definition) is 4. The van der Waals surface area contributed by atoms with Crippen LogP contribution in [0.4, 0.5) is 5.69 Å². The molecule has 4 rings (SSSR count). The fourth-order valence-electron chi connectivity index (χ4n) is 3.36. The van der Waals surface area contributed by atoms with E-state index in [0.29, 0.717) is 5.17 Å². The molecule has 0 radical (unpaired) electrons. The predicted molar refractivity (Wildman–Crippen MR) is 113 cm³/mol. The third-order valence-electron chi connectivity index (χ3n) is 4.58. The number of thioether (sulfide) groups is 1. The first kappa shape index (κ1) is 17.3. The number of nitrogens with zero attached hydrogens (tertiary/aromatic N) is 2. The second kappa shape index (κ2) is 7.23. The molecular weight excluding hydrogens is 354 g/mol. The van der Waals surface area contributed by atoms with Gasteiger partial charge in [-0.25, -0.2) is 4.79 Å². The normalized spacial score (nSPS) is 20.8. The third kappa shape index (κ3) is 2.77. The molecule has 27 heavy (non-hydrogen) atoms. The van der Waals surface area contributed by atoms with Crippen molar-refractivity contribution in [3.8, 4) is 0 Å². The van der Waals surface area contributed by atoms with Gasteiger partial charge in [0.15, 0.2) is 11.4 Å². The minimum atomic E-state index is -0.157. The Bertz CT molecular complexity index is 1020. The molecule has 0 fully saturated rings. The summed E-state index contributed by atoms with van der Waals surface area (Å²) < 4.78 is -0.157. The average Bonchev–Trinajstić information content (AvgIpc) is 3.11. The van der Waals surface area contributed by atoms with E-state index >= 15 is 0 Å². The van der Waals surface area contributed by atoms with Crippen LogP contribution in [-0.4, -0.2) is 11.6 Å². The van der Waals surface area contributed by atoms with Crippen molar-refractivity contribution in [2.24, 2.45) is 10.9 Å². The zero-order chi connectivity index (χ0) is 18.7. The number of amides is 1. The van der Waals surface area contributed by atoms with Gasteiger partial charge in [-0.05, 0) is 17.7 Å². The maximum absolute atomic E-state index is 12.6. The van der Waals surface area contributed by atoms with Crippen LogP contribution in [0.25, 0.3) is 10.6 Å². The number of rotatable bonds is 4. The average molecular weight is 372 g/mol. The van der Waals surface area contributed by atoms with E-state index in [9.17, 15) is 4.79 Å². The van der Waals surface area contributed by atoms with E-state index in [1.807, 2.05) is 91.0 Å². The number of benzene rings is 3. The summed E-state index contributed by atoms with van der Waals surface area (Å²) in [7, 11) is 0. The van der Waals surface area contributed by atoms with Crippen LogP contribution < -0.4 is 10.3 Å². The monoisotopic (exact) mass is 372 g/mol. The van der Waals surface area contributed by atoms with Crippen LogP contribution in [-0.2, 0) is 4.79 Å². The van der Waals surface area contributed by atoms with E-state index < -0.39 is 0 Å². The Hall–Kier alpha value is -3.15. The Morgan fingerprint density at radius 2 is 1.30 bits per heavy atom. The molecule has 5 heteroatoms. The molecule has 0 saturated heterocycles. The van der Waals surface area contributed by atoms with Crippen LogP contribution in [0.5, 0.6) is 0 Å². The number of hydrogen-bond donors (Lipinski definition) is 1. The highest BCUT2D eigenvalue weighted by Gasteiger charge is 2.51. The molecule has 1 amide bonds. The summed E-state index contributed by atoms with van der Waals surface area (Å²) in [6.07, 6.45) is 0.909. The van der Waals surface area contributed by atoms with Crippen LogP contribution in [0, 0.1) is 0 Å². The van der Waals surface area contributed by atoms with E-state index in [4.69, 9.17) is 5.84 Å². The van der Waals surface area contributed by atoms with Crippen molar-refractivity contribution in [2.45, 2.75) is 0 Å². The fraction of sp³-hybridized carbons (Fsp3) is 0. The molecule has 0 saturated carbocycles. The Morgan fingerprint density at radius 3 is 1.81 bits per heavy atom.